The Morgan fingerprint density at radius 1 is 1.35 bits per heavy atom. The van der Waals surface area contributed by atoms with Crippen LogP contribution in [0, 0.1) is 0 Å². The minimum Gasteiger partial charge on any atom is -0.312 e. The lowest BCUT2D eigenvalue weighted by atomic mass is 10.1. The third-order valence-corrected chi connectivity index (χ3v) is 3.46. The molecule has 0 spiro atoms. The van der Waals surface area contributed by atoms with E-state index in [2.05, 4.69) is 29.2 Å². The van der Waals surface area contributed by atoms with Crippen molar-refractivity contribution in [2.45, 2.75) is 45.7 Å². The zero-order chi connectivity index (χ0) is 14.5. The van der Waals surface area contributed by atoms with E-state index < -0.39 is 0 Å². The van der Waals surface area contributed by atoms with Crippen LogP contribution in [0.5, 0.6) is 0 Å². The normalized spacial score (nSPS) is 12.9. The molecular weight excluding hydrogens is 254 g/mol. The molecule has 0 aromatic carbocycles. The van der Waals surface area contributed by atoms with E-state index in [4.69, 9.17) is 0 Å². The number of nitrogens with zero attached hydrogens (tertiary/aromatic N) is 4. The van der Waals surface area contributed by atoms with E-state index in [0.717, 1.165) is 25.8 Å². The molecule has 6 heteroatoms. The second kappa shape index (κ2) is 6.65. The summed E-state index contributed by atoms with van der Waals surface area (Å²) < 4.78 is 3.31. The van der Waals surface area contributed by atoms with Crippen LogP contribution >= 0.6 is 0 Å². The largest absolute Gasteiger partial charge is 0.312 e. The highest BCUT2D eigenvalue weighted by atomic mass is 16.1. The molecule has 2 heterocycles. The number of hydrogen-bond donors (Lipinski definition) is 1. The van der Waals surface area contributed by atoms with Crippen molar-refractivity contribution in [2.24, 2.45) is 7.05 Å². The fourth-order valence-electron chi connectivity index (χ4n) is 2.39. The number of aromatic nitrogens is 4. The van der Waals surface area contributed by atoms with Crippen molar-refractivity contribution in [3.8, 4) is 0 Å². The number of nitrogens with one attached hydrogen (secondary N) is 1. The van der Waals surface area contributed by atoms with Crippen molar-refractivity contribution in [3.63, 3.8) is 0 Å². The number of fused-ring (bicyclic) bond motifs is 1. The Balaban J connectivity index is 2.23. The monoisotopic (exact) mass is 277 g/mol. The Kier molecular flexibility index (Phi) is 4.89. The van der Waals surface area contributed by atoms with Crippen molar-refractivity contribution in [1.82, 2.24) is 24.6 Å². The van der Waals surface area contributed by atoms with Crippen molar-refractivity contribution < 1.29 is 0 Å². The van der Waals surface area contributed by atoms with Crippen molar-refractivity contribution >= 4 is 11.0 Å². The summed E-state index contributed by atoms with van der Waals surface area (Å²) in [7, 11) is 1.79. The van der Waals surface area contributed by atoms with Gasteiger partial charge in [-0.3, -0.25) is 14.0 Å². The molecule has 0 aliphatic rings. The van der Waals surface area contributed by atoms with Gasteiger partial charge in [0.2, 0.25) is 0 Å². The molecule has 2 aromatic rings. The topological polar surface area (TPSA) is 64.7 Å². The van der Waals surface area contributed by atoms with Gasteiger partial charge in [-0.1, -0.05) is 20.3 Å². The first-order chi connectivity index (χ1) is 9.67. The van der Waals surface area contributed by atoms with E-state index in [1.165, 1.54) is 0 Å². The molecule has 1 atom stereocenters. The summed E-state index contributed by atoms with van der Waals surface area (Å²) in [4.78, 5) is 16.7. The van der Waals surface area contributed by atoms with Gasteiger partial charge in [0.1, 0.15) is 11.7 Å². The summed E-state index contributed by atoms with van der Waals surface area (Å²) in [5.41, 5.74) is 0.627. The van der Waals surface area contributed by atoms with Crippen molar-refractivity contribution in [1.29, 1.82) is 0 Å². The van der Waals surface area contributed by atoms with Crippen molar-refractivity contribution in [2.75, 3.05) is 6.54 Å². The van der Waals surface area contributed by atoms with Gasteiger partial charge in [0.25, 0.3) is 5.56 Å². The lowest BCUT2D eigenvalue weighted by molar-refractivity contribution is 0.414. The minimum atomic E-state index is -0.0116. The van der Waals surface area contributed by atoms with Gasteiger partial charge in [0, 0.05) is 19.6 Å². The standard InChI is InChI=1S/C14H23N5O/c1-4-6-11(15-7-5-2)9-19-10-16-13-12(14(19)20)8-17-18(13)3/h8,10-11,15H,4-7,9H2,1-3H3. The summed E-state index contributed by atoms with van der Waals surface area (Å²) in [5.74, 6) is 0. The van der Waals surface area contributed by atoms with Crippen LogP contribution in [0.2, 0.25) is 0 Å². The molecule has 2 aromatic heterocycles. The van der Waals surface area contributed by atoms with E-state index in [1.807, 2.05) is 0 Å². The van der Waals surface area contributed by atoms with Crippen molar-refractivity contribution in [3.05, 3.63) is 22.9 Å². The first-order valence-electron chi connectivity index (χ1n) is 7.27. The molecule has 1 unspecified atom stereocenters. The summed E-state index contributed by atoms with van der Waals surface area (Å²) in [5, 5.41) is 8.16. The molecule has 0 fully saturated rings. The summed E-state index contributed by atoms with van der Waals surface area (Å²) in [6.07, 6.45) is 6.46. The van der Waals surface area contributed by atoms with Gasteiger partial charge < -0.3 is 5.32 Å². The second-order valence-electron chi connectivity index (χ2n) is 5.15. The van der Waals surface area contributed by atoms with Crippen LogP contribution in [-0.4, -0.2) is 31.9 Å². The zero-order valence-corrected chi connectivity index (χ0v) is 12.5. The lowest BCUT2D eigenvalue weighted by Gasteiger charge is -2.18. The average molecular weight is 277 g/mol. The fraction of sp³-hybridized carbons (Fsp3) is 0.643. The van der Waals surface area contributed by atoms with Gasteiger partial charge >= 0.3 is 0 Å². The van der Waals surface area contributed by atoms with Crippen LogP contribution in [0.3, 0.4) is 0 Å². The third-order valence-electron chi connectivity index (χ3n) is 3.46. The van der Waals surface area contributed by atoms with Gasteiger partial charge in [-0.05, 0) is 19.4 Å². The van der Waals surface area contributed by atoms with E-state index in [0.29, 0.717) is 23.6 Å². The zero-order valence-electron chi connectivity index (χ0n) is 12.5. The Morgan fingerprint density at radius 2 is 2.15 bits per heavy atom. The van der Waals surface area contributed by atoms with E-state index in [1.54, 1.807) is 28.8 Å². The van der Waals surface area contributed by atoms with Gasteiger partial charge in [0.15, 0.2) is 5.65 Å². The highest BCUT2D eigenvalue weighted by Gasteiger charge is 2.12. The molecule has 2 rings (SSSR count). The summed E-state index contributed by atoms with van der Waals surface area (Å²) in [6.45, 7) is 5.93. The lowest BCUT2D eigenvalue weighted by Crippen LogP contribution is -2.37. The number of rotatable bonds is 7. The third kappa shape index (κ3) is 3.07. The molecule has 6 nitrogen and oxygen atoms in total. The molecule has 0 saturated carbocycles. The number of hydrogen-bond acceptors (Lipinski definition) is 4. The first kappa shape index (κ1) is 14.7. The van der Waals surface area contributed by atoms with Crippen LogP contribution in [0.4, 0.5) is 0 Å². The maximum absolute atomic E-state index is 12.4. The maximum Gasteiger partial charge on any atom is 0.264 e. The Bertz CT molecular complexity index is 616. The highest BCUT2D eigenvalue weighted by molar-refractivity contribution is 5.72. The molecule has 0 aliphatic carbocycles. The average Bonchev–Trinajstić information content (AvgIpc) is 2.81. The Labute approximate surface area is 118 Å². The predicted molar refractivity (Wildman–Crippen MR) is 79.8 cm³/mol. The van der Waals surface area contributed by atoms with E-state index >= 15 is 0 Å². The van der Waals surface area contributed by atoms with Crippen LogP contribution in [-0.2, 0) is 13.6 Å². The fourth-order valence-corrected chi connectivity index (χ4v) is 2.39. The molecule has 0 radical (unpaired) electrons. The second-order valence-corrected chi connectivity index (χ2v) is 5.15. The van der Waals surface area contributed by atoms with Crippen LogP contribution < -0.4 is 10.9 Å². The van der Waals surface area contributed by atoms with E-state index in [-0.39, 0.29) is 5.56 Å². The summed E-state index contributed by atoms with van der Waals surface area (Å²) in [6, 6.07) is 0.313. The minimum absolute atomic E-state index is 0.0116. The highest BCUT2D eigenvalue weighted by Crippen LogP contribution is 2.05. The van der Waals surface area contributed by atoms with Gasteiger partial charge in [0.05, 0.1) is 6.20 Å². The van der Waals surface area contributed by atoms with Gasteiger partial charge in [-0.15, -0.1) is 0 Å². The van der Waals surface area contributed by atoms with E-state index in [9.17, 15) is 4.79 Å². The first-order valence-corrected chi connectivity index (χ1v) is 7.27. The number of aryl methyl sites for hydroxylation is 1. The Morgan fingerprint density at radius 3 is 2.85 bits per heavy atom. The Hall–Kier alpha value is -1.69. The molecular formula is C14H23N5O. The molecule has 0 bridgehead atoms. The molecule has 20 heavy (non-hydrogen) atoms. The maximum atomic E-state index is 12.4. The van der Waals surface area contributed by atoms with Crippen LogP contribution in [0.1, 0.15) is 33.1 Å². The smallest absolute Gasteiger partial charge is 0.264 e. The van der Waals surface area contributed by atoms with Gasteiger partial charge in [-0.25, -0.2) is 4.98 Å². The molecule has 110 valence electrons. The molecule has 1 N–H and O–H groups in total. The molecule has 0 saturated heterocycles. The van der Waals surface area contributed by atoms with Gasteiger partial charge in [-0.2, -0.15) is 5.10 Å². The molecule has 0 aliphatic heterocycles. The SMILES string of the molecule is CCCNC(CCC)Cn1cnc2c(cnn2C)c1=O. The quantitative estimate of drug-likeness (QED) is 0.828. The van der Waals surface area contributed by atoms with Crippen LogP contribution in [0.15, 0.2) is 17.3 Å². The predicted octanol–water partition coefficient (Wildman–Crippen LogP) is 1.30. The van der Waals surface area contributed by atoms with Crippen LogP contribution in [0.25, 0.3) is 11.0 Å². The summed E-state index contributed by atoms with van der Waals surface area (Å²) >= 11 is 0. The molecule has 0 amide bonds.